The SMILES string of the molecule is CCc1nn(CC)c(CC(Cc2ccncc2)NC)c1Br. The van der Waals surface area contributed by atoms with Crippen molar-refractivity contribution in [3.63, 3.8) is 0 Å². The van der Waals surface area contributed by atoms with Crippen molar-refractivity contribution < 1.29 is 0 Å². The summed E-state index contributed by atoms with van der Waals surface area (Å²) in [6.07, 6.45) is 6.60. The molecule has 1 N–H and O–H groups in total. The molecule has 0 spiro atoms. The summed E-state index contributed by atoms with van der Waals surface area (Å²) >= 11 is 3.73. The van der Waals surface area contributed by atoms with Crippen molar-refractivity contribution in [2.45, 2.75) is 45.7 Å². The molecule has 0 amide bonds. The Labute approximate surface area is 135 Å². The van der Waals surface area contributed by atoms with Gasteiger partial charge < -0.3 is 5.32 Å². The summed E-state index contributed by atoms with van der Waals surface area (Å²) in [7, 11) is 2.02. The predicted molar refractivity (Wildman–Crippen MR) is 89.5 cm³/mol. The first-order valence-corrected chi connectivity index (χ1v) is 8.29. The monoisotopic (exact) mass is 350 g/mol. The molecule has 0 aliphatic carbocycles. The molecule has 2 heterocycles. The molecule has 0 aliphatic heterocycles. The molecule has 2 aromatic heterocycles. The molecular weight excluding hydrogens is 328 g/mol. The van der Waals surface area contributed by atoms with Crippen LogP contribution in [0.1, 0.15) is 30.8 Å². The second-order valence-electron chi connectivity index (χ2n) is 5.13. The molecule has 5 heteroatoms. The van der Waals surface area contributed by atoms with E-state index < -0.39 is 0 Å². The van der Waals surface area contributed by atoms with Crippen LogP contribution in [0.5, 0.6) is 0 Å². The zero-order chi connectivity index (χ0) is 15.2. The smallest absolute Gasteiger partial charge is 0.0766 e. The minimum absolute atomic E-state index is 0.385. The van der Waals surface area contributed by atoms with E-state index in [0.717, 1.165) is 31.5 Å². The minimum Gasteiger partial charge on any atom is -0.316 e. The molecule has 2 rings (SSSR count). The van der Waals surface area contributed by atoms with Gasteiger partial charge in [-0.3, -0.25) is 9.67 Å². The van der Waals surface area contributed by atoms with Crippen molar-refractivity contribution in [3.05, 3.63) is 46.0 Å². The molecule has 0 bridgehead atoms. The zero-order valence-electron chi connectivity index (χ0n) is 12.9. The summed E-state index contributed by atoms with van der Waals surface area (Å²) in [4.78, 5) is 4.08. The molecule has 1 unspecified atom stereocenters. The first-order chi connectivity index (χ1) is 10.2. The largest absolute Gasteiger partial charge is 0.316 e. The number of aromatic nitrogens is 3. The van der Waals surface area contributed by atoms with Gasteiger partial charge in [-0.2, -0.15) is 5.10 Å². The van der Waals surface area contributed by atoms with Crippen LogP contribution in [-0.4, -0.2) is 27.9 Å². The maximum absolute atomic E-state index is 4.67. The average molecular weight is 351 g/mol. The number of rotatable bonds is 7. The van der Waals surface area contributed by atoms with Crippen LogP contribution in [0.25, 0.3) is 0 Å². The average Bonchev–Trinajstić information content (AvgIpc) is 2.83. The molecule has 2 aromatic rings. The van der Waals surface area contributed by atoms with E-state index in [1.54, 1.807) is 0 Å². The maximum atomic E-state index is 4.67. The highest BCUT2D eigenvalue weighted by Crippen LogP contribution is 2.24. The lowest BCUT2D eigenvalue weighted by atomic mass is 10.0. The van der Waals surface area contributed by atoms with Gasteiger partial charge in [0.25, 0.3) is 0 Å². The van der Waals surface area contributed by atoms with Gasteiger partial charge >= 0.3 is 0 Å². The van der Waals surface area contributed by atoms with Crippen LogP contribution in [-0.2, 0) is 25.8 Å². The lowest BCUT2D eigenvalue weighted by Crippen LogP contribution is -2.31. The molecule has 4 nitrogen and oxygen atoms in total. The second kappa shape index (κ2) is 7.71. The quantitative estimate of drug-likeness (QED) is 0.834. The van der Waals surface area contributed by atoms with Crippen molar-refractivity contribution in [3.8, 4) is 0 Å². The minimum atomic E-state index is 0.385. The highest BCUT2D eigenvalue weighted by atomic mass is 79.9. The van der Waals surface area contributed by atoms with Crippen LogP contribution < -0.4 is 5.32 Å². The molecular formula is C16H23BrN4. The summed E-state index contributed by atoms with van der Waals surface area (Å²) in [5.41, 5.74) is 3.73. The Hall–Kier alpha value is -1.20. The van der Waals surface area contributed by atoms with E-state index in [9.17, 15) is 0 Å². The van der Waals surface area contributed by atoms with Gasteiger partial charge in [-0.05, 0) is 60.4 Å². The van der Waals surface area contributed by atoms with E-state index >= 15 is 0 Å². The Morgan fingerprint density at radius 1 is 1.24 bits per heavy atom. The van der Waals surface area contributed by atoms with Gasteiger partial charge in [0, 0.05) is 31.4 Å². The lowest BCUT2D eigenvalue weighted by molar-refractivity contribution is 0.518. The summed E-state index contributed by atoms with van der Waals surface area (Å²) < 4.78 is 3.28. The number of likely N-dealkylation sites (N-methyl/N-ethyl adjacent to an activating group) is 1. The molecule has 0 aliphatic rings. The third kappa shape index (κ3) is 3.92. The molecule has 114 valence electrons. The van der Waals surface area contributed by atoms with Gasteiger partial charge in [-0.15, -0.1) is 0 Å². The predicted octanol–water partition coefficient (Wildman–Crippen LogP) is 3.00. The van der Waals surface area contributed by atoms with Crippen LogP contribution in [0.3, 0.4) is 0 Å². The number of hydrogen-bond donors (Lipinski definition) is 1. The molecule has 0 saturated carbocycles. The van der Waals surface area contributed by atoms with Gasteiger partial charge in [0.1, 0.15) is 0 Å². The van der Waals surface area contributed by atoms with Crippen molar-refractivity contribution in [2.75, 3.05) is 7.05 Å². The molecule has 0 aromatic carbocycles. The van der Waals surface area contributed by atoms with Gasteiger partial charge in [0.2, 0.25) is 0 Å². The summed E-state index contributed by atoms with van der Waals surface area (Å²) in [5, 5.41) is 8.10. The number of nitrogens with one attached hydrogen (secondary N) is 1. The van der Waals surface area contributed by atoms with Crippen LogP contribution in [0.4, 0.5) is 0 Å². The van der Waals surface area contributed by atoms with Crippen LogP contribution >= 0.6 is 15.9 Å². The number of pyridine rings is 1. The molecule has 1 atom stereocenters. The number of aryl methyl sites for hydroxylation is 2. The topological polar surface area (TPSA) is 42.7 Å². The normalized spacial score (nSPS) is 12.6. The zero-order valence-corrected chi connectivity index (χ0v) is 14.5. The van der Waals surface area contributed by atoms with Crippen LogP contribution in [0.15, 0.2) is 29.0 Å². The van der Waals surface area contributed by atoms with Crippen molar-refractivity contribution >= 4 is 15.9 Å². The first-order valence-electron chi connectivity index (χ1n) is 7.49. The number of nitrogens with zero attached hydrogens (tertiary/aromatic N) is 3. The Morgan fingerprint density at radius 2 is 1.95 bits per heavy atom. The summed E-state index contributed by atoms with van der Waals surface area (Å²) in [6.45, 7) is 5.18. The summed E-state index contributed by atoms with van der Waals surface area (Å²) in [5.74, 6) is 0. The lowest BCUT2D eigenvalue weighted by Gasteiger charge is -2.17. The maximum Gasteiger partial charge on any atom is 0.0766 e. The third-order valence-electron chi connectivity index (χ3n) is 3.77. The first kappa shape index (κ1) is 16.2. The standard InChI is InChI=1S/C16H23BrN4/c1-4-14-16(17)15(21(5-2)20-14)11-13(18-3)10-12-6-8-19-9-7-12/h6-9,13,18H,4-5,10-11H2,1-3H3. The van der Waals surface area contributed by atoms with Gasteiger partial charge in [0.05, 0.1) is 15.9 Å². The Bertz CT molecular complexity index is 565. The van der Waals surface area contributed by atoms with E-state index in [0.29, 0.717) is 6.04 Å². The highest BCUT2D eigenvalue weighted by Gasteiger charge is 2.18. The molecule has 0 fully saturated rings. The Morgan fingerprint density at radius 3 is 2.52 bits per heavy atom. The van der Waals surface area contributed by atoms with Gasteiger partial charge in [-0.25, -0.2) is 0 Å². The highest BCUT2D eigenvalue weighted by molar-refractivity contribution is 9.10. The van der Waals surface area contributed by atoms with E-state index in [1.165, 1.54) is 15.7 Å². The van der Waals surface area contributed by atoms with Crippen molar-refractivity contribution in [1.29, 1.82) is 0 Å². The Kier molecular flexibility index (Phi) is 5.94. The van der Waals surface area contributed by atoms with Crippen LogP contribution in [0, 0.1) is 0 Å². The van der Waals surface area contributed by atoms with Crippen LogP contribution in [0.2, 0.25) is 0 Å². The molecule has 0 saturated heterocycles. The third-order valence-corrected chi connectivity index (χ3v) is 4.69. The second-order valence-corrected chi connectivity index (χ2v) is 5.92. The fourth-order valence-corrected chi connectivity index (χ4v) is 3.25. The molecule has 0 radical (unpaired) electrons. The van der Waals surface area contributed by atoms with E-state index in [2.05, 4.69) is 62.0 Å². The number of hydrogen-bond acceptors (Lipinski definition) is 3. The van der Waals surface area contributed by atoms with Gasteiger partial charge in [0.15, 0.2) is 0 Å². The Balaban J connectivity index is 2.16. The van der Waals surface area contributed by atoms with E-state index in [1.807, 2.05) is 19.4 Å². The molecule has 21 heavy (non-hydrogen) atoms. The van der Waals surface area contributed by atoms with Gasteiger partial charge in [-0.1, -0.05) is 6.92 Å². The summed E-state index contributed by atoms with van der Waals surface area (Å²) in [6, 6.07) is 4.54. The van der Waals surface area contributed by atoms with Crippen molar-refractivity contribution in [1.82, 2.24) is 20.1 Å². The van der Waals surface area contributed by atoms with Crippen molar-refractivity contribution in [2.24, 2.45) is 0 Å². The fourth-order valence-electron chi connectivity index (χ4n) is 2.53. The number of halogens is 1. The van der Waals surface area contributed by atoms with E-state index in [-0.39, 0.29) is 0 Å². The van der Waals surface area contributed by atoms with E-state index in [4.69, 9.17) is 0 Å². The fraction of sp³-hybridized carbons (Fsp3) is 0.500.